The lowest BCUT2D eigenvalue weighted by atomic mass is 9.89. The van der Waals surface area contributed by atoms with Gasteiger partial charge in [-0.25, -0.2) is 0 Å². The minimum atomic E-state index is 0.591. The summed E-state index contributed by atoms with van der Waals surface area (Å²) in [5.41, 5.74) is 3.08. The third kappa shape index (κ3) is 3.65. The lowest BCUT2D eigenvalue weighted by molar-refractivity contribution is 0.0555. The predicted octanol–water partition coefficient (Wildman–Crippen LogP) is 2.74. The molecule has 1 aliphatic rings. The maximum Gasteiger partial charge on any atom is 0.0572 e. The molecule has 0 aromatic heterocycles. The Kier molecular flexibility index (Phi) is 4.74. The monoisotopic (exact) mass is 185 g/mol. The van der Waals surface area contributed by atoms with Crippen LogP contribution < -0.4 is 5.48 Å². The molecule has 1 N–H and O–H groups in total. The molecule has 2 unspecified atom stereocenters. The molecule has 0 aliphatic heterocycles. The molecule has 0 radical (unpaired) electrons. The fourth-order valence-corrected chi connectivity index (χ4v) is 2.28. The van der Waals surface area contributed by atoms with Crippen molar-refractivity contribution in [2.24, 2.45) is 11.8 Å². The van der Waals surface area contributed by atoms with Gasteiger partial charge in [0, 0.05) is 6.04 Å². The van der Waals surface area contributed by atoms with Crippen molar-refractivity contribution in [3.63, 3.8) is 0 Å². The van der Waals surface area contributed by atoms with Crippen molar-refractivity contribution < 1.29 is 4.84 Å². The van der Waals surface area contributed by atoms with Crippen molar-refractivity contribution in [1.29, 1.82) is 0 Å². The SMILES string of the molecule is CONC1CCCC(C(C)C)CC1. The molecule has 0 spiro atoms. The van der Waals surface area contributed by atoms with Gasteiger partial charge in [0.05, 0.1) is 7.11 Å². The van der Waals surface area contributed by atoms with Crippen molar-refractivity contribution in [1.82, 2.24) is 5.48 Å². The Bertz CT molecular complexity index is 136. The smallest absolute Gasteiger partial charge is 0.0572 e. The first-order valence-corrected chi connectivity index (χ1v) is 5.52. The van der Waals surface area contributed by atoms with Gasteiger partial charge < -0.3 is 4.84 Å². The zero-order chi connectivity index (χ0) is 9.68. The second-order valence-corrected chi connectivity index (χ2v) is 4.53. The molecule has 0 saturated heterocycles. The van der Waals surface area contributed by atoms with Crippen LogP contribution in [0.2, 0.25) is 0 Å². The third-order valence-electron chi connectivity index (χ3n) is 3.24. The zero-order valence-electron chi connectivity index (χ0n) is 9.18. The first-order valence-electron chi connectivity index (χ1n) is 5.52. The van der Waals surface area contributed by atoms with Gasteiger partial charge in [-0.3, -0.25) is 0 Å². The van der Waals surface area contributed by atoms with Crippen LogP contribution in [0.1, 0.15) is 46.0 Å². The molecule has 1 aliphatic carbocycles. The second kappa shape index (κ2) is 5.61. The maximum absolute atomic E-state index is 4.98. The van der Waals surface area contributed by atoms with Crippen LogP contribution in [0.5, 0.6) is 0 Å². The van der Waals surface area contributed by atoms with Gasteiger partial charge in [0.1, 0.15) is 0 Å². The standard InChI is InChI=1S/C11H23NO/c1-9(2)10-5-4-6-11(8-7-10)12-13-3/h9-12H,4-8H2,1-3H3. The molecule has 1 rings (SSSR count). The molecule has 2 atom stereocenters. The summed E-state index contributed by atoms with van der Waals surface area (Å²) in [6.07, 6.45) is 6.66. The number of nitrogens with one attached hydrogen (secondary N) is 1. The van der Waals surface area contributed by atoms with Crippen molar-refractivity contribution in [2.75, 3.05) is 7.11 Å². The fraction of sp³-hybridized carbons (Fsp3) is 1.00. The normalized spacial score (nSPS) is 30.5. The Labute approximate surface area is 82.0 Å². The minimum Gasteiger partial charge on any atom is -0.305 e. The number of hydroxylamine groups is 1. The van der Waals surface area contributed by atoms with E-state index in [0.717, 1.165) is 11.8 Å². The summed E-state index contributed by atoms with van der Waals surface area (Å²) in [7, 11) is 1.71. The van der Waals surface area contributed by atoms with E-state index in [-0.39, 0.29) is 0 Å². The van der Waals surface area contributed by atoms with Crippen LogP contribution in [-0.4, -0.2) is 13.2 Å². The molecule has 0 aromatic carbocycles. The van der Waals surface area contributed by atoms with E-state index in [0.29, 0.717) is 6.04 Å². The maximum atomic E-state index is 4.98. The molecular weight excluding hydrogens is 162 g/mol. The van der Waals surface area contributed by atoms with Gasteiger partial charge in [-0.05, 0) is 31.1 Å². The first kappa shape index (κ1) is 11.0. The Balaban J connectivity index is 2.30. The molecule has 0 heterocycles. The summed E-state index contributed by atoms with van der Waals surface area (Å²) in [5, 5.41) is 0. The second-order valence-electron chi connectivity index (χ2n) is 4.53. The van der Waals surface area contributed by atoms with E-state index in [2.05, 4.69) is 19.3 Å². The summed E-state index contributed by atoms with van der Waals surface area (Å²) < 4.78 is 0. The first-order chi connectivity index (χ1) is 6.24. The average Bonchev–Trinajstić information content (AvgIpc) is 2.30. The van der Waals surface area contributed by atoms with Gasteiger partial charge >= 0.3 is 0 Å². The average molecular weight is 185 g/mol. The van der Waals surface area contributed by atoms with Gasteiger partial charge in [0.15, 0.2) is 0 Å². The molecule has 1 saturated carbocycles. The van der Waals surface area contributed by atoms with Crippen LogP contribution in [-0.2, 0) is 4.84 Å². The fourth-order valence-electron chi connectivity index (χ4n) is 2.28. The van der Waals surface area contributed by atoms with E-state index in [4.69, 9.17) is 4.84 Å². The van der Waals surface area contributed by atoms with Gasteiger partial charge in [-0.15, -0.1) is 0 Å². The predicted molar refractivity (Wildman–Crippen MR) is 55.3 cm³/mol. The highest BCUT2D eigenvalue weighted by molar-refractivity contribution is 4.74. The van der Waals surface area contributed by atoms with E-state index >= 15 is 0 Å². The van der Waals surface area contributed by atoms with Gasteiger partial charge in [0.25, 0.3) is 0 Å². The van der Waals surface area contributed by atoms with Crippen LogP contribution in [0.15, 0.2) is 0 Å². The van der Waals surface area contributed by atoms with Gasteiger partial charge in [-0.2, -0.15) is 5.48 Å². The molecule has 1 fully saturated rings. The highest BCUT2D eigenvalue weighted by Gasteiger charge is 2.20. The van der Waals surface area contributed by atoms with Crippen LogP contribution in [0.3, 0.4) is 0 Å². The molecule has 0 aromatic rings. The van der Waals surface area contributed by atoms with E-state index in [1.807, 2.05) is 0 Å². The number of hydrogen-bond donors (Lipinski definition) is 1. The lowest BCUT2D eigenvalue weighted by Crippen LogP contribution is -2.27. The van der Waals surface area contributed by atoms with Gasteiger partial charge in [0.2, 0.25) is 0 Å². The summed E-state index contributed by atoms with van der Waals surface area (Å²) >= 11 is 0. The Morgan fingerprint density at radius 3 is 2.54 bits per heavy atom. The molecule has 2 nitrogen and oxygen atoms in total. The number of hydrogen-bond acceptors (Lipinski definition) is 2. The molecular formula is C11H23NO. The Hall–Kier alpha value is -0.0800. The van der Waals surface area contributed by atoms with Crippen LogP contribution in [0, 0.1) is 11.8 Å². The summed E-state index contributed by atoms with van der Waals surface area (Å²) in [6.45, 7) is 4.68. The quantitative estimate of drug-likeness (QED) is 0.539. The van der Waals surface area contributed by atoms with Gasteiger partial charge in [-0.1, -0.05) is 26.7 Å². The third-order valence-corrected chi connectivity index (χ3v) is 3.24. The molecule has 78 valence electrons. The summed E-state index contributed by atoms with van der Waals surface area (Å²) in [6, 6.07) is 0.591. The Morgan fingerprint density at radius 2 is 1.92 bits per heavy atom. The van der Waals surface area contributed by atoms with Crippen LogP contribution in [0.25, 0.3) is 0 Å². The van der Waals surface area contributed by atoms with E-state index < -0.39 is 0 Å². The minimum absolute atomic E-state index is 0.591. The van der Waals surface area contributed by atoms with E-state index in [1.54, 1.807) is 7.11 Å². The van der Waals surface area contributed by atoms with Crippen molar-refractivity contribution in [2.45, 2.75) is 52.0 Å². The van der Waals surface area contributed by atoms with Crippen molar-refractivity contribution in [3.05, 3.63) is 0 Å². The Morgan fingerprint density at radius 1 is 1.15 bits per heavy atom. The zero-order valence-corrected chi connectivity index (χ0v) is 9.18. The summed E-state index contributed by atoms with van der Waals surface area (Å²) in [4.78, 5) is 4.98. The lowest BCUT2D eigenvalue weighted by Gasteiger charge is -2.18. The molecule has 0 amide bonds. The summed E-state index contributed by atoms with van der Waals surface area (Å²) in [5.74, 6) is 1.78. The van der Waals surface area contributed by atoms with Crippen molar-refractivity contribution in [3.8, 4) is 0 Å². The molecule has 2 heteroatoms. The molecule has 13 heavy (non-hydrogen) atoms. The highest BCUT2D eigenvalue weighted by atomic mass is 16.6. The van der Waals surface area contributed by atoms with Crippen LogP contribution in [0.4, 0.5) is 0 Å². The molecule has 0 bridgehead atoms. The highest BCUT2D eigenvalue weighted by Crippen LogP contribution is 2.28. The van der Waals surface area contributed by atoms with Crippen molar-refractivity contribution >= 4 is 0 Å². The topological polar surface area (TPSA) is 21.3 Å². The number of rotatable bonds is 3. The van der Waals surface area contributed by atoms with Crippen LogP contribution >= 0.6 is 0 Å². The van der Waals surface area contributed by atoms with E-state index in [1.165, 1.54) is 32.1 Å². The van der Waals surface area contributed by atoms with E-state index in [9.17, 15) is 0 Å². The largest absolute Gasteiger partial charge is 0.305 e.